The molecule has 1 aromatic heterocycles. The molecule has 2 atom stereocenters. The molecule has 5 rings (SSSR count). The molecule has 10 heteroatoms. The van der Waals surface area contributed by atoms with Crippen LogP contribution in [0.1, 0.15) is 22.8 Å². The van der Waals surface area contributed by atoms with Gasteiger partial charge in [-0.25, -0.2) is 4.79 Å². The quantitative estimate of drug-likeness (QED) is 0.550. The van der Waals surface area contributed by atoms with Gasteiger partial charge >= 0.3 is 5.63 Å². The van der Waals surface area contributed by atoms with E-state index in [2.05, 4.69) is 5.32 Å². The first-order chi connectivity index (χ1) is 17.4. The highest BCUT2D eigenvalue weighted by Crippen LogP contribution is 2.46. The van der Waals surface area contributed by atoms with Crippen molar-refractivity contribution in [2.45, 2.75) is 18.9 Å². The van der Waals surface area contributed by atoms with Crippen molar-refractivity contribution in [2.24, 2.45) is 0 Å². The topological polar surface area (TPSA) is 115 Å². The Morgan fingerprint density at radius 1 is 0.917 bits per heavy atom. The zero-order valence-corrected chi connectivity index (χ0v) is 20.2. The molecule has 0 saturated heterocycles. The fourth-order valence-electron chi connectivity index (χ4n) is 4.49. The summed E-state index contributed by atoms with van der Waals surface area (Å²) in [7, 11) is 4.48. The van der Waals surface area contributed by atoms with Gasteiger partial charge in [0.25, 0.3) is 5.91 Å². The largest absolute Gasteiger partial charge is 0.493 e. The van der Waals surface area contributed by atoms with E-state index >= 15 is 0 Å². The lowest BCUT2D eigenvalue weighted by Gasteiger charge is -2.22. The molecule has 0 spiro atoms. The van der Waals surface area contributed by atoms with E-state index in [1.807, 2.05) is 0 Å². The number of carbonyl (C=O) groups excluding carboxylic acids is 1. The highest BCUT2D eigenvalue weighted by Gasteiger charge is 2.44. The van der Waals surface area contributed by atoms with Crippen molar-refractivity contribution in [2.75, 3.05) is 39.9 Å². The van der Waals surface area contributed by atoms with Crippen LogP contribution in [0.15, 0.2) is 45.6 Å². The molecule has 36 heavy (non-hydrogen) atoms. The molecule has 3 aromatic rings. The van der Waals surface area contributed by atoms with Gasteiger partial charge in [-0.15, -0.1) is 0 Å². The Kier molecular flexibility index (Phi) is 6.09. The van der Waals surface area contributed by atoms with Crippen molar-refractivity contribution >= 4 is 11.6 Å². The Morgan fingerprint density at radius 3 is 2.28 bits per heavy atom. The lowest BCUT2D eigenvalue weighted by Crippen LogP contribution is -2.35. The van der Waals surface area contributed by atoms with Crippen LogP contribution in [0.4, 0.5) is 5.69 Å². The highest BCUT2D eigenvalue weighted by molar-refractivity contribution is 5.96. The Balaban J connectivity index is 1.56. The van der Waals surface area contributed by atoms with E-state index in [4.69, 9.17) is 32.8 Å². The standard InChI is InChI=1S/C26H25NO9/c1-13-9-18-22(26(29)35-13)21(14-10-19(30-2)23(32-4)20(11-14)31-3)24(36-18)25(28)27-15-5-6-16-17(12-15)34-8-7-33-16/h5-6,9-12,21,24H,7-8H2,1-4H3,(H,27,28)/t21-,24+/m1/s1. The first-order valence-corrected chi connectivity index (χ1v) is 11.2. The van der Waals surface area contributed by atoms with Crippen LogP contribution >= 0.6 is 0 Å². The molecule has 3 heterocycles. The zero-order chi connectivity index (χ0) is 25.4. The molecule has 0 aliphatic carbocycles. The molecule has 0 radical (unpaired) electrons. The lowest BCUT2D eigenvalue weighted by atomic mass is 9.88. The van der Waals surface area contributed by atoms with Crippen LogP contribution in [-0.2, 0) is 4.79 Å². The van der Waals surface area contributed by atoms with Crippen molar-refractivity contribution in [3.8, 4) is 34.5 Å². The fraction of sp³-hybridized carbons (Fsp3) is 0.308. The van der Waals surface area contributed by atoms with E-state index in [0.717, 1.165) is 0 Å². The van der Waals surface area contributed by atoms with E-state index in [1.165, 1.54) is 21.3 Å². The summed E-state index contributed by atoms with van der Waals surface area (Å²) < 4.78 is 39.0. The van der Waals surface area contributed by atoms with Crippen LogP contribution in [0.2, 0.25) is 0 Å². The molecule has 0 unspecified atom stereocenters. The minimum Gasteiger partial charge on any atom is -0.493 e. The van der Waals surface area contributed by atoms with Crippen LogP contribution in [0, 0.1) is 6.92 Å². The molecule has 2 aromatic carbocycles. The van der Waals surface area contributed by atoms with Gasteiger partial charge in [0, 0.05) is 17.8 Å². The van der Waals surface area contributed by atoms with E-state index in [9.17, 15) is 9.59 Å². The molecule has 188 valence electrons. The van der Waals surface area contributed by atoms with Gasteiger partial charge in [-0.1, -0.05) is 0 Å². The summed E-state index contributed by atoms with van der Waals surface area (Å²) in [6, 6.07) is 10.1. The van der Waals surface area contributed by atoms with E-state index in [1.54, 1.807) is 43.3 Å². The molecule has 1 amide bonds. The van der Waals surface area contributed by atoms with Crippen molar-refractivity contribution in [3.05, 3.63) is 63.7 Å². The average Bonchev–Trinajstić information content (AvgIpc) is 3.27. The predicted octanol–water partition coefficient (Wildman–Crippen LogP) is 3.28. The van der Waals surface area contributed by atoms with Crippen molar-refractivity contribution in [3.63, 3.8) is 0 Å². The number of anilines is 1. The number of hydrogen-bond donors (Lipinski definition) is 1. The number of aryl methyl sites for hydroxylation is 1. The zero-order valence-electron chi connectivity index (χ0n) is 20.2. The molecular weight excluding hydrogens is 470 g/mol. The summed E-state index contributed by atoms with van der Waals surface area (Å²) in [5.74, 6) is 1.67. The monoisotopic (exact) mass is 495 g/mol. The molecule has 2 aliphatic heterocycles. The molecule has 1 N–H and O–H groups in total. The summed E-state index contributed by atoms with van der Waals surface area (Å²) in [6.45, 7) is 2.52. The first-order valence-electron chi connectivity index (χ1n) is 11.2. The summed E-state index contributed by atoms with van der Waals surface area (Å²) in [4.78, 5) is 26.5. The van der Waals surface area contributed by atoms with Crippen LogP contribution in [0.25, 0.3) is 0 Å². The van der Waals surface area contributed by atoms with Gasteiger partial charge in [-0.3, -0.25) is 4.79 Å². The first kappa shape index (κ1) is 23.4. The SMILES string of the molecule is COc1cc([C@@H]2c3c(cc(C)oc3=O)O[C@@H]2C(=O)Nc2ccc3c(c2)OCCO3)cc(OC)c1OC. The summed E-state index contributed by atoms with van der Waals surface area (Å²) in [5, 5.41) is 2.86. The third-order valence-electron chi connectivity index (χ3n) is 6.06. The summed E-state index contributed by atoms with van der Waals surface area (Å²) in [6.07, 6.45) is -1.08. The maximum absolute atomic E-state index is 13.5. The van der Waals surface area contributed by atoms with E-state index < -0.39 is 23.6 Å². The van der Waals surface area contributed by atoms with E-state index in [0.29, 0.717) is 59.0 Å². The maximum atomic E-state index is 13.5. The van der Waals surface area contributed by atoms with Gasteiger partial charge < -0.3 is 38.2 Å². The Bertz CT molecular complexity index is 1360. The van der Waals surface area contributed by atoms with Crippen molar-refractivity contribution < 1.29 is 37.6 Å². The van der Waals surface area contributed by atoms with Crippen LogP contribution < -0.4 is 39.4 Å². The second-order valence-electron chi connectivity index (χ2n) is 8.24. The lowest BCUT2D eigenvalue weighted by molar-refractivity contribution is -0.122. The Morgan fingerprint density at radius 2 is 1.61 bits per heavy atom. The molecule has 0 saturated carbocycles. The van der Waals surface area contributed by atoms with Gasteiger partial charge in [0.05, 0.1) is 32.8 Å². The van der Waals surface area contributed by atoms with Crippen molar-refractivity contribution in [1.29, 1.82) is 0 Å². The average molecular weight is 495 g/mol. The smallest absolute Gasteiger partial charge is 0.343 e. The second kappa shape index (κ2) is 9.37. The molecular formula is C26H25NO9. The van der Waals surface area contributed by atoms with Gasteiger partial charge in [-0.2, -0.15) is 0 Å². The molecule has 0 bridgehead atoms. The van der Waals surface area contributed by atoms with Gasteiger partial charge in [0.1, 0.15) is 24.7 Å². The van der Waals surface area contributed by atoms with Crippen LogP contribution in [0.3, 0.4) is 0 Å². The maximum Gasteiger partial charge on any atom is 0.343 e. The number of ether oxygens (including phenoxy) is 6. The minimum absolute atomic E-state index is 0.234. The number of rotatable bonds is 6. The number of benzene rings is 2. The Hall–Kier alpha value is -4.34. The third-order valence-corrected chi connectivity index (χ3v) is 6.06. The van der Waals surface area contributed by atoms with Crippen LogP contribution in [-0.4, -0.2) is 46.6 Å². The number of hydrogen-bond acceptors (Lipinski definition) is 9. The predicted molar refractivity (Wildman–Crippen MR) is 128 cm³/mol. The number of fused-ring (bicyclic) bond motifs is 2. The van der Waals surface area contributed by atoms with E-state index in [-0.39, 0.29) is 11.3 Å². The van der Waals surface area contributed by atoms with Gasteiger partial charge in [0.15, 0.2) is 29.1 Å². The number of nitrogens with one attached hydrogen (secondary N) is 1. The molecule has 0 fully saturated rings. The van der Waals surface area contributed by atoms with Crippen LogP contribution in [0.5, 0.6) is 34.5 Å². The van der Waals surface area contributed by atoms with Gasteiger partial charge in [-0.05, 0) is 36.8 Å². The Labute approximate surface area is 206 Å². The van der Waals surface area contributed by atoms with Crippen molar-refractivity contribution in [1.82, 2.24) is 0 Å². The molecule has 2 aliphatic rings. The fourth-order valence-corrected chi connectivity index (χ4v) is 4.49. The summed E-state index contributed by atoms with van der Waals surface area (Å²) in [5.41, 5.74) is 0.702. The minimum atomic E-state index is -1.08. The van der Waals surface area contributed by atoms with Gasteiger partial charge in [0.2, 0.25) is 5.75 Å². The summed E-state index contributed by atoms with van der Waals surface area (Å²) >= 11 is 0. The second-order valence-corrected chi connectivity index (χ2v) is 8.24. The highest BCUT2D eigenvalue weighted by atomic mass is 16.6. The normalized spacial score (nSPS) is 17.6. The number of methoxy groups -OCH3 is 3. The third kappa shape index (κ3) is 4.04. The number of amides is 1. The molecule has 10 nitrogen and oxygen atoms in total. The number of carbonyl (C=O) groups is 1.